The van der Waals surface area contributed by atoms with Crippen LogP contribution < -0.4 is 0 Å². The predicted octanol–water partition coefficient (Wildman–Crippen LogP) is 3.58. The summed E-state index contributed by atoms with van der Waals surface area (Å²) in [6.45, 7) is 2.26. The molecule has 3 unspecified atom stereocenters. The second-order valence-corrected chi connectivity index (χ2v) is 6.01. The number of methoxy groups -OCH3 is 1. The van der Waals surface area contributed by atoms with E-state index in [1.807, 2.05) is 6.07 Å². The van der Waals surface area contributed by atoms with Crippen molar-refractivity contribution in [2.24, 2.45) is 5.92 Å². The van der Waals surface area contributed by atoms with Crippen LogP contribution in [0.3, 0.4) is 0 Å². The standard InChI is InChI=1S/C17H26O2/c1-14-7-6-12-17(13-14,19-2)16(18)11-10-15-8-4-3-5-9-15/h3-5,8-9,14,16,18H,6-7,10-13H2,1-2H3. The van der Waals surface area contributed by atoms with Crippen LogP contribution >= 0.6 is 0 Å². The molecule has 0 amide bonds. The first kappa shape index (κ1) is 14.5. The molecule has 19 heavy (non-hydrogen) atoms. The van der Waals surface area contributed by atoms with Crippen LogP contribution in [0.15, 0.2) is 30.3 Å². The molecule has 0 aliphatic heterocycles. The molecule has 1 aromatic rings. The number of hydrogen-bond donors (Lipinski definition) is 1. The van der Waals surface area contributed by atoms with Crippen LogP contribution in [0.2, 0.25) is 0 Å². The van der Waals surface area contributed by atoms with Gasteiger partial charge in [0.05, 0.1) is 11.7 Å². The van der Waals surface area contributed by atoms with Gasteiger partial charge in [-0.3, -0.25) is 0 Å². The van der Waals surface area contributed by atoms with E-state index in [4.69, 9.17) is 4.74 Å². The Morgan fingerprint density at radius 2 is 2.11 bits per heavy atom. The smallest absolute Gasteiger partial charge is 0.0939 e. The Kier molecular flexibility index (Phi) is 5.00. The van der Waals surface area contributed by atoms with Crippen molar-refractivity contribution in [1.82, 2.24) is 0 Å². The van der Waals surface area contributed by atoms with Crippen LogP contribution in [-0.2, 0) is 11.2 Å². The quantitative estimate of drug-likeness (QED) is 0.879. The molecule has 106 valence electrons. The van der Waals surface area contributed by atoms with Crippen molar-refractivity contribution in [2.75, 3.05) is 7.11 Å². The van der Waals surface area contributed by atoms with E-state index in [9.17, 15) is 5.11 Å². The monoisotopic (exact) mass is 262 g/mol. The number of aliphatic hydroxyl groups is 1. The molecule has 2 heteroatoms. The maximum atomic E-state index is 10.6. The average molecular weight is 262 g/mol. The minimum atomic E-state index is -0.361. The molecule has 1 N–H and O–H groups in total. The Morgan fingerprint density at radius 3 is 2.74 bits per heavy atom. The fourth-order valence-corrected chi connectivity index (χ4v) is 3.38. The highest BCUT2D eigenvalue weighted by molar-refractivity contribution is 5.15. The topological polar surface area (TPSA) is 29.5 Å². The summed E-state index contributed by atoms with van der Waals surface area (Å²) in [6.07, 6.45) is 5.74. The zero-order valence-electron chi connectivity index (χ0n) is 12.1. The summed E-state index contributed by atoms with van der Waals surface area (Å²) in [4.78, 5) is 0. The lowest BCUT2D eigenvalue weighted by Crippen LogP contribution is -2.47. The van der Waals surface area contributed by atoms with Gasteiger partial charge in [-0.1, -0.05) is 50.1 Å². The predicted molar refractivity (Wildman–Crippen MR) is 78.1 cm³/mol. The van der Waals surface area contributed by atoms with Gasteiger partial charge in [0.15, 0.2) is 0 Å². The third-order valence-corrected chi connectivity index (χ3v) is 4.55. The lowest BCUT2D eigenvalue weighted by atomic mass is 9.74. The molecular formula is C17H26O2. The fraction of sp³-hybridized carbons (Fsp3) is 0.647. The van der Waals surface area contributed by atoms with E-state index in [-0.39, 0.29) is 11.7 Å². The van der Waals surface area contributed by atoms with Crippen molar-refractivity contribution in [3.8, 4) is 0 Å². The zero-order chi connectivity index (χ0) is 13.7. The van der Waals surface area contributed by atoms with Crippen molar-refractivity contribution in [1.29, 1.82) is 0 Å². The molecule has 0 heterocycles. The van der Waals surface area contributed by atoms with Gasteiger partial charge < -0.3 is 9.84 Å². The van der Waals surface area contributed by atoms with E-state index in [1.165, 1.54) is 12.0 Å². The highest BCUT2D eigenvalue weighted by Crippen LogP contribution is 2.38. The van der Waals surface area contributed by atoms with E-state index in [2.05, 4.69) is 31.2 Å². The van der Waals surface area contributed by atoms with Gasteiger partial charge in [-0.15, -0.1) is 0 Å². The van der Waals surface area contributed by atoms with Crippen LogP contribution in [0.25, 0.3) is 0 Å². The first-order valence-electron chi connectivity index (χ1n) is 7.43. The van der Waals surface area contributed by atoms with Gasteiger partial charge >= 0.3 is 0 Å². The van der Waals surface area contributed by atoms with E-state index < -0.39 is 0 Å². The maximum Gasteiger partial charge on any atom is 0.0939 e. The molecule has 0 saturated heterocycles. The van der Waals surface area contributed by atoms with E-state index >= 15 is 0 Å². The summed E-state index contributed by atoms with van der Waals surface area (Å²) in [5, 5.41) is 10.6. The molecule has 1 fully saturated rings. The van der Waals surface area contributed by atoms with Crippen LogP contribution in [0.4, 0.5) is 0 Å². The Morgan fingerprint density at radius 1 is 1.37 bits per heavy atom. The van der Waals surface area contributed by atoms with E-state index in [1.54, 1.807) is 7.11 Å². The molecule has 0 aromatic heterocycles. The summed E-state index contributed by atoms with van der Waals surface area (Å²) >= 11 is 0. The largest absolute Gasteiger partial charge is 0.390 e. The van der Waals surface area contributed by atoms with Crippen LogP contribution in [-0.4, -0.2) is 23.9 Å². The van der Waals surface area contributed by atoms with Crippen molar-refractivity contribution in [2.45, 2.75) is 57.2 Å². The van der Waals surface area contributed by atoms with E-state index in [0.717, 1.165) is 32.1 Å². The van der Waals surface area contributed by atoms with Crippen molar-refractivity contribution < 1.29 is 9.84 Å². The summed E-state index contributed by atoms with van der Waals surface area (Å²) in [5.41, 5.74) is 0.976. The Labute approximate surface area is 116 Å². The van der Waals surface area contributed by atoms with Gasteiger partial charge in [0.25, 0.3) is 0 Å². The van der Waals surface area contributed by atoms with Gasteiger partial charge in [-0.25, -0.2) is 0 Å². The van der Waals surface area contributed by atoms with Crippen molar-refractivity contribution in [3.63, 3.8) is 0 Å². The Bertz CT molecular complexity index is 376. The molecular weight excluding hydrogens is 236 g/mol. The number of benzene rings is 1. The normalized spacial score (nSPS) is 29.1. The molecule has 2 nitrogen and oxygen atoms in total. The number of aliphatic hydroxyl groups excluding tert-OH is 1. The van der Waals surface area contributed by atoms with E-state index in [0.29, 0.717) is 5.92 Å². The van der Waals surface area contributed by atoms with Crippen LogP contribution in [0, 0.1) is 5.92 Å². The summed E-state index contributed by atoms with van der Waals surface area (Å²) in [7, 11) is 1.75. The molecule has 1 aromatic carbocycles. The molecule has 0 spiro atoms. The number of ether oxygens (including phenoxy) is 1. The lowest BCUT2D eigenvalue weighted by Gasteiger charge is -2.42. The van der Waals surface area contributed by atoms with Crippen LogP contribution in [0.1, 0.15) is 44.6 Å². The second kappa shape index (κ2) is 6.53. The molecule has 1 aliphatic rings. The first-order valence-corrected chi connectivity index (χ1v) is 7.43. The minimum Gasteiger partial charge on any atom is -0.390 e. The Hall–Kier alpha value is -0.860. The van der Waals surface area contributed by atoms with Gasteiger partial charge in [-0.2, -0.15) is 0 Å². The van der Waals surface area contributed by atoms with Crippen LogP contribution in [0.5, 0.6) is 0 Å². The molecule has 3 atom stereocenters. The van der Waals surface area contributed by atoms with Crippen molar-refractivity contribution in [3.05, 3.63) is 35.9 Å². The zero-order valence-corrected chi connectivity index (χ0v) is 12.1. The van der Waals surface area contributed by atoms with Gasteiger partial charge in [0.1, 0.15) is 0 Å². The van der Waals surface area contributed by atoms with Gasteiger partial charge in [-0.05, 0) is 37.2 Å². The van der Waals surface area contributed by atoms with Crippen molar-refractivity contribution >= 4 is 0 Å². The van der Waals surface area contributed by atoms with Gasteiger partial charge in [0.2, 0.25) is 0 Å². The molecule has 0 bridgehead atoms. The second-order valence-electron chi connectivity index (χ2n) is 6.01. The number of hydrogen-bond acceptors (Lipinski definition) is 2. The first-order chi connectivity index (χ1) is 9.16. The molecule has 2 rings (SSSR count). The highest BCUT2D eigenvalue weighted by Gasteiger charge is 2.40. The summed E-state index contributed by atoms with van der Waals surface area (Å²) in [6, 6.07) is 10.4. The third-order valence-electron chi connectivity index (χ3n) is 4.55. The number of rotatable bonds is 5. The maximum absolute atomic E-state index is 10.6. The number of aryl methyl sites for hydroxylation is 1. The molecule has 0 radical (unpaired) electrons. The summed E-state index contributed by atoms with van der Waals surface area (Å²) < 4.78 is 5.75. The fourth-order valence-electron chi connectivity index (χ4n) is 3.38. The average Bonchev–Trinajstić information content (AvgIpc) is 2.45. The molecule has 1 aliphatic carbocycles. The Balaban J connectivity index is 1.95. The van der Waals surface area contributed by atoms with Gasteiger partial charge in [0, 0.05) is 7.11 Å². The summed E-state index contributed by atoms with van der Waals surface area (Å²) in [5.74, 6) is 0.653. The SMILES string of the molecule is COC1(C(O)CCc2ccccc2)CCCC(C)C1. The minimum absolute atomic E-state index is 0.313. The molecule has 1 saturated carbocycles. The third kappa shape index (κ3) is 3.58. The lowest BCUT2D eigenvalue weighted by molar-refractivity contribution is -0.133. The highest BCUT2D eigenvalue weighted by atomic mass is 16.5.